The van der Waals surface area contributed by atoms with E-state index >= 15 is 0 Å². The van der Waals surface area contributed by atoms with Gasteiger partial charge in [0.1, 0.15) is 5.69 Å². The van der Waals surface area contributed by atoms with Gasteiger partial charge in [0.2, 0.25) is 0 Å². The highest BCUT2D eigenvalue weighted by Crippen LogP contribution is 2.31. The first kappa shape index (κ1) is 21.7. The Morgan fingerprint density at radius 3 is 2.66 bits per heavy atom. The molecule has 1 aliphatic heterocycles. The summed E-state index contributed by atoms with van der Waals surface area (Å²) >= 11 is 1.57. The van der Waals surface area contributed by atoms with E-state index in [2.05, 4.69) is 36.0 Å². The SMILES string of the molecule is Cc1cc2nc(N(CCN3CCOCC3)C(=O)c3ccnn3C)sc2cc1C.Cl. The molecule has 3 aromatic rings. The van der Waals surface area contributed by atoms with Gasteiger partial charge >= 0.3 is 0 Å². The maximum atomic E-state index is 13.3. The summed E-state index contributed by atoms with van der Waals surface area (Å²) in [5.41, 5.74) is 3.95. The summed E-state index contributed by atoms with van der Waals surface area (Å²) in [5, 5.41) is 4.89. The topological polar surface area (TPSA) is 63.5 Å². The van der Waals surface area contributed by atoms with Crippen LogP contribution in [0.3, 0.4) is 0 Å². The Bertz CT molecular complexity index is 957. The third kappa shape index (κ3) is 4.61. The summed E-state index contributed by atoms with van der Waals surface area (Å²) in [7, 11) is 1.79. The van der Waals surface area contributed by atoms with E-state index in [1.54, 1.807) is 40.2 Å². The maximum Gasteiger partial charge on any atom is 0.278 e. The van der Waals surface area contributed by atoms with E-state index in [-0.39, 0.29) is 18.3 Å². The number of anilines is 1. The van der Waals surface area contributed by atoms with Gasteiger partial charge in [-0.2, -0.15) is 5.10 Å². The van der Waals surface area contributed by atoms with E-state index in [9.17, 15) is 4.79 Å². The Balaban J connectivity index is 0.00000240. The van der Waals surface area contributed by atoms with Crippen LogP contribution < -0.4 is 4.90 Å². The van der Waals surface area contributed by atoms with Crippen LogP contribution in [0.2, 0.25) is 0 Å². The van der Waals surface area contributed by atoms with Crippen molar-refractivity contribution in [3.63, 3.8) is 0 Å². The molecule has 29 heavy (non-hydrogen) atoms. The fourth-order valence-corrected chi connectivity index (χ4v) is 4.43. The van der Waals surface area contributed by atoms with Gasteiger partial charge in [-0.3, -0.25) is 19.3 Å². The Kier molecular flexibility index (Phi) is 6.89. The number of fused-ring (bicyclic) bond motifs is 1. The molecule has 0 unspecified atom stereocenters. The standard InChI is InChI=1S/C20H25N5O2S.ClH/c1-14-12-16-18(13-15(14)2)28-20(22-16)25(7-6-24-8-10-27-11-9-24)19(26)17-4-5-21-23(17)3;/h4-5,12-13H,6-11H2,1-3H3;1H. The molecule has 0 atom stereocenters. The largest absolute Gasteiger partial charge is 0.379 e. The highest BCUT2D eigenvalue weighted by molar-refractivity contribution is 7.22. The van der Waals surface area contributed by atoms with Crippen LogP contribution in [0.15, 0.2) is 24.4 Å². The molecule has 1 aromatic carbocycles. The highest BCUT2D eigenvalue weighted by Gasteiger charge is 2.24. The Hall–Kier alpha value is -2.00. The summed E-state index contributed by atoms with van der Waals surface area (Å²) in [5.74, 6) is -0.0687. The molecule has 2 aromatic heterocycles. The normalized spacial score (nSPS) is 14.7. The predicted molar refractivity (Wildman–Crippen MR) is 118 cm³/mol. The van der Waals surface area contributed by atoms with Crippen molar-refractivity contribution in [2.75, 3.05) is 44.3 Å². The van der Waals surface area contributed by atoms with Crippen molar-refractivity contribution in [2.45, 2.75) is 13.8 Å². The van der Waals surface area contributed by atoms with Crippen molar-refractivity contribution < 1.29 is 9.53 Å². The predicted octanol–water partition coefficient (Wildman–Crippen LogP) is 3.05. The van der Waals surface area contributed by atoms with Crippen LogP contribution in [0.4, 0.5) is 5.13 Å². The van der Waals surface area contributed by atoms with Crippen LogP contribution in [0.5, 0.6) is 0 Å². The molecule has 0 spiro atoms. The molecule has 0 radical (unpaired) electrons. The minimum atomic E-state index is -0.0687. The van der Waals surface area contributed by atoms with Gasteiger partial charge < -0.3 is 4.74 Å². The van der Waals surface area contributed by atoms with Gasteiger partial charge in [-0.05, 0) is 43.2 Å². The molecule has 1 fully saturated rings. The molecular formula is C20H26ClN5O2S. The number of benzene rings is 1. The third-order valence-corrected chi connectivity index (χ3v) is 6.29. The number of hydrogen-bond acceptors (Lipinski definition) is 6. The van der Waals surface area contributed by atoms with Crippen LogP contribution in [-0.2, 0) is 11.8 Å². The first-order valence-corrected chi connectivity index (χ1v) is 10.3. The smallest absolute Gasteiger partial charge is 0.278 e. The zero-order valence-corrected chi connectivity index (χ0v) is 18.6. The van der Waals surface area contributed by atoms with Crippen molar-refractivity contribution in [3.05, 3.63) is 41.2 Å². The molecule has 3 heterocycles. The van der Waals surface area contributed by atoms with Crippen molar-refractivity contribution >= 4 is 45.0 Å². The number of hydrogen-bond donors (Lipinski definition) is 0. The number of ether oxygens (including phenoxy) is 1. The highest BCUT2D eigenvalue weighted by atomic mass is 35.5. The second kappa shape index (κ2) is 9.21. The van der Waals surface area contributed by atoms with Gasteiger partial charge in [-0.25, -0.2) is 4.98 Å². The lowest BCUT2D eigenvalue weighted by molar-refractivity contribution is 0.0391. The lowest BCUT2D eigenvalue weighted by Crippen LogP contribution is -2.43. The van der Waals surface area contributed by atoms with Gasteiger partial charge in [0.25, 0.3) is 5.91 Å². The average molecular weight is 436 g/mol. The molecule has 0 aliphatic carbocycles. The minimum Gasteiger partial charge on any atom is -0.379 e. The summed E-state index contributed by atoms with van der Waals surface area (Å²) in [4.78, 5) is 22.2. The van der Waals surface area contributed by atoms with Crippen LogP contribution in [0, 0.1) is 13.8 Å². The molecule has 0 bridgehead atoms. The fraction of sp³-hybridized carbons (Fsp3) is 0.450. The monoisotopic (exact) mass is 435 g/mol. The Labute approximate surface area is 180 Å². The lowest BCUT2D eigenvalue weighted by Gasteiger charge is -2.29. The van der Waals surface area contributed by atoms with Crippen LogP contribution in [0.25, 0.3) is 10.2 Å². The van der Waals surface area contributed by atoms with Crippen LogP contribution in [-0.4, -0.2) is 65.0 Å². The molecule has 156 valence electrons. The summed E-state index contributed by atoms with van der Waals surface area (Å²) in [6.45, 7) is 8.85. The van der Waals surface area contributed by atoms with E-state index in [0.717, 1.165) is 48.2 Å². The van der Waals surface area contributed by atoms with Crippen molar-refractivity contribution in [2.24, 2.45) is 7.05 Å². The number of carbonyl (C=O) groups excluding carboxylic acids is 1. The summed E-state index contributed by atoms with van der Waals surface area (Å²) < 4.78 is 8.15. The molecule has 0 saturated carbocycles. The second-order valence-electron chi connectivity index (χ2n) is 7.15. The number of rotatable bonds is 5. The van der Waals surface area contributed by atoms with Crippen LogP contribution >= 0.6 is 23.7 Å². The van der Waals surface area contributed by atoms with Crippen molar-refractivity contribution in [1.82, 2.24) is 19.7 Å². The van der Waals surface area contributed by atoms with Crippen LogP contribution in [0.1, 0.15) is 21.6 Å². The molecular weight excluding hydrogens is 410 g/mol. The first-order chi connectivity index (χ1) is 13.5. The van der Waals surface area contributed by atoms with E-state index < -0.39 is 0 Å². The average Bonchev–Trinajstić information content (AvgIpc) is 3.29. The molecule has 0 N–H and O–H groups in total. The van der Waals surface area contributed by atoms with Crippen molar-refractivity contribution in [3.8, 4) is 0 Å². The first-order valence-electron chi connectivity index (χ1n) is 9.50. The van der Waals surface area contributed by atoms with Gasteiger partial charge in [0, 0.05) is 39.4 Å². The molecule has 4 rings (SSSR count). The number of amides is 1. The Morgan fingerprint density at radius 2 is 1.97 bits per heavy atom. The lowest BCUT2D eigenvalue weighted by atomic mass is 10.1. The van der Waals surface area contributed by atoms with Gasteiger partial charge in [-0.1, -0.05) is 11.3 Å². The zero-order chi connectivity index (χ0) is 19.7. The molecule has 1 aliphatic rings. The maximum absolute atomic E-state index is 13.3. The minimum absolute atomic E-state index is 0. The van der Waals surface area contributed by atoms with Gasteiger partial charge in [0.05, 0.1) is 23.4 Å². The number of aromatic nitrogens is 3. The quantitative estimate of drug-likeness (QED) is 0.616. The van der Waals surface area contributed by atoms with E-state index in [1.807, 2.05) is 0 Å². The third-order valence-electron chi connectivity index (χ3n) is 5.25. The van der Waals surface area contributed by atoms with E-state index in [1.165, 1.54) is 11.1 Å². The van der Waals surface area contributed by atoms with E-state index in [0.29, 0.717) is 12.2 Å². The Morgan fingerprint density at radius 1 is 1.24 bits per heavy atom. The number of nitrogens with zero attached hydrogens (tertiary/aromatic N) is 5. The van der Waals surface area contributed by atoms with Gasteiger partial charge in [0.15, 0.2) is 5.13 Å². The molecule has 1 amide bonds. The zero-order valence-electron chi connectivity index (χ0n) is 16.9. The number of morpholine rings is 1. The summed E-state index contributed by atoms with van der Waals surface area (Å²) in [6, 6.07) is 6.01. The molecule has 7 nitrogen and oxygen atoms in total. The number of aryl methyl sites for hydroxylation is 3. The van der Waals surface area contributed by atoms with E-state index in [4.69, 9.17) is 9.72 Å². The molecule has 9 heteroatoms. The number of halogens is 1. The van der Waals surface area contributed by atoms with Gasteiger partial charge in [-0.15, -0.1) is 12.4 Å². The molecule has 1 saturated heterocycles. The van der Waals surface area contributed by atoms with Crippen molar-refractivity contribution in [1.29, 1.82) is 0 Å². The fourth-order valence-electron chi connectivity index (χ4n) is 3.36. The second-order valence-corrected chi connectivity index (χ2v) is 8.16. The summed E-state index contributed by atoms with van der Waals surface area (Å²) in [6.07, 6.45) is 1.65. The number of carbonyl (C=O) groups is 1. The number of thiazole rings is 1.